The van der Waals surface area contributed by atoms with Gasteiger partial charge in [-0.2, -0.15) is 8.78 Å². The van der Waals surface area contributed by atoms with Crippen LogP contribution in [0.5, 0.6) is 11.5 Å². The molecular weight excluding hydrogens is 352 g/mol. The van der Waals surface area contributed by atoms with Crippen LogP contribution in [-0.4, -0.2) is 40.5 Å². The molecule has 134 valence electrons. The van der Waals surface area contributed by atoms with Crippen molar-refractivity contribution in [1.29, 1.82) is 0 Å². The molecular formula is C17H17F2NO4S. The van der Waals surface area contributed by atoms with E-state index < -0.39 is 20.5 Å². The quantitative estimate of drug-likeness (QED) is 0.811. The van der Waals surface area contributed by atoms with Crippen LogP contribution in [0.4, 0.5) is 14.5 Å². The number of alkyl halides is 2. The summed E-state index contributed by atoms with van der Waals surface area (Å²) in [7, 11) is -2.77. The molecule has 0 saturated carbocycles. The van der Waals surface area contributed by atoms with E-state index in [2.05, 4.69) is 0 Å². The highest BCUT2D eigenvalue weighted by Gasteiger charge is 2.27. The van der Waals surface area contributed by atoms with E-state index in [4.69, 9.17) is 9.47 Å². The maximum Gasteiger partial charge on any atom is 0.341 e. The molecule has 0 spiro atoms. The van der Waals surface area contributed by atoms with E-state index in [1.54, 1.807) is 7.05 Å². The van der Waals surface area contributed by atoms with Crippen LogP contribution in [0.25, 0.3) is 0 Å². The Morgan fingerprint density at radius 1 is 1.12 bits per heavy atom. The smallest absolute Gasteiger partial charge is 0.341 e. The molecule has 0 N–H and O–H groups in total. The molecule has 0 bridgehead atoms. The number of likely N-dealkylation sites (N-methyl/N-ethyl adjacent to an activating group) is 1. The standard InChI is InChI=1S/C17H17F2NO4S/c1-20(10-13-11-23-15-4-2-3-5-16(15)24-13)12-6-8-14(9-7-12)25(21,22)17(18)19/h2-9,13,17H,10-11H2,1H3/t13-/m1/s1. The number of anilines is 1. The minimum Gasteiger partial charge on any atom is -0.486 e. The third kappa shape index (κ3) is 3.68. The van der Waals surface area contributed by atoms with E-state index in [1.807, 2.05) is 29.2 Å². The molecule has 5 nitrogen and oxygen atoms in total. The van der Waals surface area contributed by atoms with Crippen molar-refractivity contribution in [3.63, 3.8) is 0 Å². The fourth-order valence-electron chi connectivity index (χ4n) is 2.56. The van der Waals surface area contributed by atoms with E-state index in [0.29, 0.717) is 30.3 Å². The number of hydrogen-bond donors (Lipinski definition) is 0. The first-order chi connectivity index (χ1) is 11.9. The SMILES string of the molecule is CN(C[C@@H]1COc2ccccc2O1)c1ccc(S(=O)(=O)C(F)F)cc1. The molecule has 1 heterocycles. The first-order valence-corrected chi connectivity index (χ1v) is 9.14. The average molecular weight is 369 g/mol. The highest BCUT2D eigenvalue weighted by molar-refractivity contribution is 7.91. The van der Waals surface area contributed by atoms with Crippen LogP contribution in [0.15, 0.2) is 53.4 Å². The predicted octanol–water partition coefficient (Wildman–Crippen LogP) is 2.96. The van der Waals surface area contributed by atoms with Crippen molar-refractivity contribution in [3.05, 3.63) is 48.5 Å². The zero-order valence-electron chi connectivity index (χ0n) is 13.4. The van der Waals surface area contributed by atoms with Gasteiger partial charge in [0.2, 0.25) is 9.84 Å². The normalized spacial score (nSPS) is 16.7. The second-order valence-corrected chi connectivity index (χ2v) is 7.60. The third-order valence-corrected chi connectivity index (χ3v) is 5.28. The monoisotopic (exact) mass is 369 g/mol. The van der Waals surface area contributed by atoms with Crippen LogP contribution in [0, 0.1) is 0 Å². The summed E-state index contributed by atoms with van der Waals surface area (Å²) in [4.78, 5) is 1.45. The van der Waals surface area contributed by atoms with Gasteiger partial charge in [0.05, 0.1) is 11.4 Å². The van der Waals surface area contributed by atoms with E-state index >= 15 is 0 Å². The van der Waals surface area contributed by atoms with Crippen molar-refractivity contribution in [3.8, 4) is 11.5 Å². The first kappa shape index (κ1) is 17.5. The highest BCUT2D eigenvalue weighted by Crippen LogP contribution is 2.31. The largest absolute Gasteiger partial charge is 0.486 e. The lowest BCUT2D eigenvalue weighted by molar-refractivity contribution is 0.0960. The lowest BCUT2D eigenvalue weighted by Crippen LogP contribution is -2.39. The molecule has 25 heavy (non-hydrogen) atoms. The Balaban J connectivity index is 1.67. The molecule has 0 saturated heterocycles. The number of hydrogen-bond acceptors (Lipinski definition) is 5. The van der Waals surface area contributed by atoms with Crippen molar-refractivity contribution >= 4 is 15.5 Å². The molecule has 2 aromatic rings. The summed E-state index contributed by atoms with van der Waals surface area (Å²) in [5.74, 6) is -2.06. The Kier molecular flexibility index (Phi) is 4.80. The van der Waals surface area contributed by atoms with Crippen LogP contribution < -0.4 is 14.4 Å². The summed E-state index contributed by atoms with van der Waals surface area (Å²) in [6.07, 6.45) is -0.204. The maximum absolute atomic E-state index is 12.6. The molecule has 0 aromatic heterocycles. The number of benzene rings is 2. The molecule has 0 amide bonds. The molecule has 1 atom stereocenters. The van der Waals surface area contributed by atoms with Crippen LogP contribution >= 0.6 is 0 Å². The third-order valence-electron chi connectivity index (χ3n) is 3.89. The molecule has 8 heteroatoms. The summed E-state index contributed by atoms with van der Waals surface area (Å²) in [5, 5.41) is 0. The second-order valence-electron chi connectivity index (χ2n) is 5.68. The lowest BCUT2D eigenvalue weighted by atomic mass is 10.2. The average Bonchev–Trinajstić information content (AvgIpc) is 2.61. The lowest BCUT2D eigenvalue weighted by Gasteiger charge is -2.30. The number of nitrogens with zero attached hydrogens (tertiary/aromatic N) is 1. The van der Waals surface area contributed by atoms with Gasteiger partial charge >= 0.3 is 5.76 Å². The van der Waals surface area contributed by atoms with Gasteiger partial charge in [-0.25, -0.2) is 8.42 Å². The van der Waals surface area contributed by atoms with Crippen molar-refractivity contribution < 1.29 is 26.7 Å². The Morgan fingerprint density at radius 2 is 1.76 bits per heavy atom. The topological polar surface area (TPSA) is 55.8 Å². The van der Waals surface area contributed by atoms with E-state index in [9.17, 15) is 17.2 Å². The second kappa shape index (κ2) is 6.87. The van der Waals surface area contributed by atoms with Gasteiger partial charge in [-0.3, -0.25) is 0 Å². The Labute approximate surface area is 144 Å². The summed E-state index contributed by atoms with van der Waals surface area (Å²) in [6, 6.07) is 12.7. The van der Waals surface area contributed by atoms with Gasteiger partial charge < -0.3 is 14.4 Å². The fraction of sp³-hybridized carbons (Fsp3) is 0.294. The minimum atomic E-state index is -4.58. The van der Waals surface area contributed by atoms with Crippen molar-refractivity contribution in [2.45, 2.75) is 16.8 Å². The zero-order chi connectivity index (χ0) is 18.0. The van der Waals surface area contributed by atoms with Crippen molar-refractivity contribution in [2.24, 2.45) is 0 Å². The van der Waals surface area contributed by atoms with Gasteiger partial charge in [-0.15, -0.1) is 0 Å². The Bertz CT molecular complexity index is 840. The molecule has 1 aliphatic rings. The van der Waals surface area contributed by atoms with E-state index in [1.165, 1.54) is 24.3 Å². The number of fused-ring (bicyclic) bond motifs is 1. The van der Waals surface area contributed by atoms with Crippen LogP contribution in [0.3, 0.4) is 0 Å². The summed E-state index contributed by atoms with van der Waals surface area (Å²) in [6.45, 7) is 0.883. The van der Waals surface area contributed by atoms with Gasteiger partial charge in [-0.1, -0.05) is 12.1 Å². The number of halogens is 2. The minimum absolute atomic E-state index is 0.204. The first-order valence-electron chi connectivity index (χ1n) is 7.59. The highest BCUT2D eigenvalue weighted by atomic mass is 32.2. The molecule has 0 radical (unpaired) electrons. The summed E-state index contributed by atoms with van der Waals surface area (Å²) >= 11 is 0. The van der Waals surface area contributed by atoms with Crippen LogP contribution in [0.1, 0.15) is 0 Å². The van der Waals surface area contributed by atoms with Gasteiger partial charge in [0.15, 0.2) is 17.6 Å². The fourth-order valence-corrected chi connectivity index (χ4v) is 3.28. The molecule has 0 fully saturated rings. The predicted molar refractivity (Wildman–Crippen MR) is 89.3 cm³/mol. The molecule has 2 aromatic carbocycles. The van der Waals surface area contributed by atoms with Gasteiger partial charge in [0, 0.05) is 12.7 Å². The number of para-hydroxylation sites is 2. The van der Waals surface area contributed by atoms with Gasteiger partial charge in [0.25, 0.3) is 0 Å². The molecule has 0 aliphatic carbocycles. The van der Waals surface area contributed by atoms with Gasteiger partial charge in [-0.05, 0) is 36.4 Å². The van der Waals surface area contributed by atoms with E-state index in [0.717, 1.165) is 0 Å². The number of sulfone groups is 1. The Morgan fingerprint density at radius 3 is 2.40 bits per heavy atom. The number of rotatable bonds is 5. The van der Waals surface area contributed by atoms with Crippen molar-refractivity contribution in [1.82, 2.24) is 0 Å². The van der Waals surface area contributed by atoms with Gasteiger partial charge in [0.1, 0.15) is 6.61 Å². The summed E-state index contributed by atoms with van der Waals surface area (Å²) < 4.78 is 59.5. The van der Waals surface area contributed by atoms with Crippen molar-refractivity contribution in [2.75, 3.05) is 25.1 Å². The zero-order valence-corrected chi connectivity index (χ0v) is 14.2. The summed E-state index contributed by atoms with van der Waals surface area (Å²) in [5.41, 5.74) is 0.690. The number of ether oxygens (including phenoxy) is 2. The molecule has 0 unspecified atom stereocenters. The Hall–Kier alpha value is -2.35. The van der Waals surface area contributed by atoms with Crippen LogP contribution in [0.2, 0.25) is 0 Å². The molecule has 1 aliphatic heterocycles. The maximum atomic E-state index is 12.6. The van der Waals surface area contributed by atoms with E-state index in [-0.39, 0.29) is 6.10 Å². The molecule has 3 rings (SSSR count). The van der Waals surface area contributed by atoms with Crippen LogP contribution in [-0.2, 0) is 9.84 Å².